The number of rotatable bonds is 2. The van der Waals surface area contributed by atoms with Crippen LogP contribution >= 0.6 is 0 Å². The average molecular weight is 332 g/mol. The van der Waals surface area contributed by atoms with Crippen LogP contribution in [0.4, 0.5) is 0 Å². The second-order valence-corrected chi connectivity index (χ2v) is 5.89. The van der Waals surface area contributed by atoms with E-state index in [0.717, 1.165) is 22.2 Å². The molecule has 4 rings (SSSR count). The molecule has 26 heavy (non-hydrogen) atoms. The Bertz CT molecular complexity index is 1140. The molecule has 0 spiro atoms. The van der Waals surface area contributed by atoms with Gasteiger partial charge in [-0.15, -0.1) is 6.42 Å². The number of aromatic nitrogens is 2. The molecule has 0 bridgehead atoms. The molecule has 1 unspecified atom stereocenters. The summed E-state index contributed by atoms with van der Waals surface area (Å²) in [6, 6.07) is 27.7. The summed E-state index contributed by atoms with van der Waals surface area (Å²) in [6.07, 6.45) is 5.92. The van der Waals surface area contributed by atoms with Crippen molar-refractivity contribution in [2.75, 3.05) is 0 Å². The molecule has 2 nitrogen and oxygen atoms in total. The topological polar surface area (TPSA) is 17.8 Å². The van der Waals surface area contributed by atoms with Gasteiger partial charge in [-0.05, 0) is 35.7 Å². The summed E-state index contributed by atoms with van der Waals surface area (Å²) in [4.78, 5) is 4.72. The second-order valence-electron chi connectivity index (χ2n) is 5.89. The number of para-hydroxylation sites is 2. The zero-order chi connectivity index (χ0) is 17.8. The highest BCUT2D eigenvalue weighted by atomic mass is 15.1. The monoisotopic (exact) mass is 332 g/mol. The minimum Gasteiger partial charge on any atom is -0.299 e. The van der Waals surface area contributed by atoms with Gasteiger partial charge in [0.1, 0.15) is 6.04 Å². The smallest absolute Gasteiger partial charge is 0.188 e. The molecule has 0 fully saturated rings. The maximum Gasteiger partial charge on any atom is 0.188 e. The lowest BCUT2D eigenvalue weighted by Gasteiger charge is -2.15. The van der Waals surface area contributed by atoms with Gasteiger partial charge in [-0.1, -0.05) is 72.5 Å². The number of imidazole rings is 1. The summed E-state index contributed by atoms with van der Waals surface area (Å²) in [5.74, 6) is 9.98. The van der Waals surface area contributed by atoms with E-state index in [1.54, 1.807) is 0 Å². The van der Waals surface area contributed by atoms with E-state index in [0.29, 0.717) is 5.82 Å². The van der Waals surface area contributed by atoms with E-state index < -0.39 is 0 Å². The zero-order valence-corrected chi connectivity index (χ0v) is 14.1. The molecule has 0 aliphatic rings. The predicted octanol–water partition coefficient (Wildman–Crippen LogP) is 4.66. The maximum absolute atomic E-state index is 5.92. The van der Waals surface area contributed by atoms with Crippen LogP contribution in [0.15, 0.2) is 84.9 Å². The van der Waals surface area contributed by atoms with Crippen molar-refractivity contribution in [3.63, 3.8) is 0 Å². The van der Waals surface area contributed by atoms with E-state index in [9.17, 15) is 0 Å². The van der Waals surface area contributed by atoms with Crippen molar-refractivity contribution >= 4 is 11.0 Å². The molecular weight excluding hydrogens is 316 g/mol. The van der Waals surface area contributed by atoms with Crippen LogP contribution in [-0.4, -0.2) is 9.55 Å². The van der Waals surface area contributed by atoms with Gasteiger partial charge < -0.3 is 0 Å². The quantitative estimate of drug-likeness (QED) is 0.488. The Morgan fingerprint density at radius 1 is 0.769 bits per heavy atom. The van der Waals surface area contributed by atoms with Crippen LogP contribution in [0.5, 0.6) is 0 Å². The van der Waals surface area contributed by atoms with Gasteiger partial charge in [0.2, 0.25) is 0 Å². The normalized spacial score (nSPS) is 11.3. The molecule has 2 heteroatoms. The van der Waals surface area contributed by atoms with Crippen molar-refractivity contribution in [1.29, 1.82) is 0 Å². The molecule has 0 aliphatic carbocycles. The molecule has 3 aromatic carbocycles. The van der Waals surface area contributed by atoms with Gasteiger partial charge in [0.05, 0.1) is 11.0 Å². The Morgan fingerprint density at radius 3 is 2.15 bits per heavy atom. The molecule has 0 aliphatic heterocycles. The summed E-state index contributed by atoms with van der Waals surface area (Å²) in [6.45, 7) is 0. The molecule has 0 amide bonds. The summed E-state index contributed by atoms with van der Waals surface area (Å²) in [5.41, 5.74) is 3.86. The number of fused-ring (bicyclic) bond motifs is 1. The van der Waals surface area contributed by atoms with Gasteiger partial charge in [-0.25, -0.2) is 4.98 Å². The van der Waals surface area contributed by atoms with E-state index in [-0.39, 0.29) is 6.04 Å². The van der Waals surface area contributed by atoms with E-state index in [1.165, 1.54) is 0 Å². The lowest BCUT2D eigenvalue weighted by Crippen LogP contribution is -2.10. The molecule has 0 saturated carbocycles. The largest absolute Gasteiger partial charge is 0.299 e. The Hall–Kier alpha value is -3.75. The Balaban J connectivity index is 1.90. The van der Waals surface area contributed by atoms with E-state index in [2.05, 4.69) is 17.8 Å². The Kier molecular flexibility index (Phi) is 4.25. The standard InChI is InChI=1S/C24H16N2/c1-2-22(20-13-7-4-8-14-20)26-23-16-10-9-15-21(23)25-24(26)18-17-19-11-5-3-6-12-19/h1,3-16,22H. The number of hydrogen-bond donors (Lipinski definition) is 0. The highest BCUT2D eigenvalue weighted by molar-refractivity contribution is 5.77. The fraction of sp³-hybridized carbons (Fsp3) is 0.0417. The van der Waals surface area contributed by atoms with E-state index in [1.807, 2.05) is 89.5 Å². The van der Waals surface area contributed by atoms with Crippen LogP contribution in [0.3, 0.4) is 0 Å². The number of nitrogens with zero attached hydrogens (tertiary/aromatic N) is 2. The van der Waals surface area contributed by atoms with Crippen LogP contribution in [-0.2, 0) is 0 Å². The van der Waals surface area contributed by atoms with Crippen molar-refractivity contribution in [1.82, 2.24) is 9.55 Å². The van der Waals surface area contributed by atoms with Crippen LogP contribution in [0, 0.1) is 24.2 Å². The van der Waals surface area contributed by atoms with Gasteiger partial charge >= 0.3 is 0 Å². The van der Waals surface area contributed by atoms with Crippen LogP contribution < -0.4 is 0 Å². The molecule has 1 heterocycles. The Morgan fingerprint density at radius 2 is 1.42 bits per heavy atom. The first-order valence-corrected chi connectivity index (χ1v) is 8.42. The first-order valence-electron chi connectivity index (χ1n) is 8.42. The first-order chi connectivity index (χ1) is 12.9. The van der Waals surface area contributed by atoms with Gasteiger partial charge in [0.15, 0.2) is 5.82 Å². The third-order valence-electron chi connectivity index (χ3n) is 4.22. The van der Waals surface area contributed by atoms with Crippen molar-refractivity contribution in [3.8, 4) is 24.2 Å². The molecule has 1 aromatic heterocycles. The number of terminal acetylenes is 1. The van der Waals surface area contributed by atoms with Gasteiger partial charge in [0.25, 0.3) is 0 Å². The van der Waals surface area contributed by atoms with Crippen LogP contribution in [0.2, 0.25) is 0 Å². The maximum atomic E-state index is 5.92. The van der Waals surface area contributed by atoms with E-state index in [4.69, 9.17) is 11.4 Å². The van der Waals surface area contributed by atoms with Gasteiger partial charge in [-0.2, -0.15) is 0 Å². The number of benzene rings is 3. The highest BCUT2D eigenvalue weighted by Crippen LogP contribution is 2.25. The lowest BCUT2D eigenvalue weighted by atomic mass is 10.1. The molecule has 0 N–H and O–H groups in total. The van der Waals surface area contributed by atoms with Crippen molar-refractivity contribution < 1.29 is 0 Å². The van der Waals surface area contributed by atoms with Crippen LogP contribution in [0.1, 0.15) is 23.0 Å². The fourth-order valence-electron chi connectivity index (χ4n) is 3.00. The second kappa shape index (κ2) is 7.01. The summed E-state index contributed by atoms with van der Waals surface area (Å²) >= 11 is 0. The van der Waals surface area contributed by atoms with Crippen molar-refractivity contribution in [2.24, 2.45) is 0 Å². The van der Waals surface area contributed by atoms with Gasteiger partial charge in [-0.3, -0.25) is 4.57 Å². The predicted molar refractivity (Wildman–Crippen MR) is 106 cm³/mol. The summed E-state index contributed by atoms with van der Waals surface area (Å²) in [7, 11) is 0. The molecule has 0 saturated heterocycles. The SMILES string of the molecule is C#CC(c1ccccc1)n1c(C#Cc2ccccc2)nc2ccccc21. The fourth-order valence-corrected chi connectivity index (χ4v) is 3.00. The number of hydrogen-bond acceptors (Lipinski definition) is 1. The molecule has 1 atom stereocenters. The van der Waals surface area contributed by atoms with Crippen molar-refractivity contribution in [3.05, 3.63) is 102 Å². The minimum absolute atomic E-state index is 0.260. The summed E-state index contributed by atoms with van der Waals surface area (Å²) in [5, 5.41) is 0. The molecule has 0 radical (unpaired) electrons. The lowest BCUT2D eigenvalue weighted by molar-refractivity contribution is 0.732. The van der Waals surface area contributed by atoms with E-state index >= 15 is 0 Å². The zero-order valence-electron chi connectivity index (χ0n) is 14.1. The molecular formula is C24H16N2. The minimum atomic E-state index is -0.260. The van der Waals surface area contributed by atoms with Crippen LogP contribution in [0.25, 0.3) is 11.0 Å². The molecule has 4 aromatic rings. The first kappa shape index (κ1) is 15.8. The Labute approximate surface area is 153 Å². The average Bonchev–Trinajstić information content (AvgIpc) is 3.07. The highest BCUT2D eigenvalue weighted by Gasteiger charge is 2.17. The summed E-state index contributed by atoms with van der Waals surface area (Å²) < 4.78 is 2.04. The van der Waals surface area contributed by atoms with Gasteiger partial charge in [0, 0.05) is 5.56 Å². The van der Waals surface area contributed by atoms with Crippen molar-refractivity contribution in [2.45, 2.75) is 6.04 Å². The third kappa shape index (κ3) is 2.97. The molecule has 122 valence electrons. The third-order valence-corrected chi connectivity index (χ3v) is 4.22.